The number of carbonyl (C=O) groups is 1. The van der Waals surface area contributed by atoms with Gasteiger partial charge in [-0.15, -0.1) is 0 Å². The van der Waals surface area contributed by atoms with Gasteiger partial charge in [0.2, 0.25) is 5.91 Å². The van der Waals surface area contributed by atoms with Gasteiger partial charge in [-0.2, -0.15) is 13.2 Å². The number of amides is 1. The van der Waals surface area contributed by atoms with E-state index in [0.29, 0.717) is 11.3 Å². The Labute approximate surface area is 97.8 Å². The maximum Gasteiger partial charge on any atom is 0.391 e. The van der Waals surface area contributed by atoms with Gasteiger partial charge in [-0.3, -0.25) is 4.79 Å². The zero-order chi connectivity index (χ0) is 13.1. The average Bonchev–Trinajstić information content (AvgIpc) is 2.18. The van der Waals surface area contributed by atoms with Gasteiger partial charge in [-0.1, -0.05) is 25.1 Å². The lowest BCUT2D eigenvalue weighted by atomic mass is 9.99. The topological polar surface area (TPSA) is 29.1 Å². The number of rotatable bonds is 3. The van der Waals surface area contributed by atoms with Crippen LogP contribution in [-0.2, 0) is 11.2 Å². The number of para-hydroxylation sites is 1. The molecule has 1 aromatic rings. The lowest BCUT2D eigenvalue weighted by Gasteiger charge is -2.17. The molecule has 17 heavy (non-hydrogen) atoms. The summed E-state index contributed by atoms with van der Waals surface area (Å²) in [6.45, 7) is 2.45. The highest BCUT2D eigenvalue weighted by atomic mass is 19.4. The summed E-state index contributed by atoms with van der Waals surface area (Å²) in [5.41, 5.74) is 0.934. The van der Waals surface area contributed by atoms with Gasteiger partial charge in [0.1, 0.15) is 0 Å². The number of benzene rings is 1. The number of alkyl halides is 3. The van der Waals surface area contributed by atoms with E-state index >= 15 is 0 Å². The van der Waals surface area contributed by atoms with E-state index in [0.717, 1.165) is 6.92 Å². The molecule has 0 bridgehead atoms. The molecule has 0 aliphatic heterocycles. The van der Waals surface area contributed by atoms with Gasteiger partial charge in [0, 0.05) is 12.6 Å². The zero-order valence-corrected chi connectivity index (χ0v) is 9.64. The van der Waals surface area contributed by atoms with Crippen LogP contribution in [0.4, 0.5) is 18.9 Å². The molecule has 1 amide bonds. The van der Waals surface area contributed by atoms with Crippen molar-refractivity contribution in [3.05, 3.63) is 29.8 Å². The molecule has 0 saturated carbocycles. The number of nitrogens with one attached hydrogen (secondary N) is 1. The molecule has 1 atom stereocenters. The van der Waals surface area contributed by atoms with Gasteiger partial charge >= 0.3 is 6.18 Å². The first-order chi connectivity index (χ1) is 7.80. The van der Waals surface area contributed by atoms with Gasteiger partial charge in [0.05, 0.1) is 5.92 Å². The monoisotopic (exact) mass is 245 g/mol. The lowest BCUT2D eigenvalue weighted by Crippen LogP contribution is -2.22. The molecule has 1 N–H and O–H groups in total. The van der Waals surface area contributed by atoms with Gasteiger partial charge < -0.3 is 5.32 Å². The van der Waals surface area contributed by atoms with Crippen molar-refractivity contribution in [2.75, 3.05) is 5.32 Å². The van der Waals surface area contributed by atoms with E-state index in [1.807, 2.05) is 0 Å². The molecule has 0 aromatic heterocycles. The third-order valence-electron chi connectivity index (χ3n) is 2.41. The van der Waals surface area contributed by atoms with Crippen molar-refractivity contribution < 1.29 is 18.0 Å². The van der Waals surface area contributed by atoms with Crippen LogP contribution >= 0.6 is 0 Å². The van der Waals surface area contributed by atoms with Crippen molar-refractivity contribution in [1.82, 2.24) is 0 Å². The van der Waals surface area contributed by atoms with E-state index in [1.165, 1.54) is 6.92 Å². The second kappa shape index (κ2) is 5.21. The minimum absolute atomic E-state index is 0.139. The Morgan fingerprint density at radius 3 is 2.47 bits per heavy atom. The number of anilines is 1. The highest BCUT2D eigenvalue weighted by Crippen LogP contribution is 2.30. The second-order valence-electron chi connectivity index (χ2n) is 3.99. The Bertz CT molecular complexity index is 401. The van der Waals surface area contributed by atoms with E-state index in [4.69, 9.17) is 0 Å². The summed E-state index contributed by atoms with van der Waals surface area (Å²) >= 11 is 0. The van der Waals surface area contributed by atoms with Crippen LogP contribution in [0, 0.1) is 5.92 Å². The van der Waals surface area contributed by atoms with Crippen molar-refractivity contribution in [1.29, 1.82) is 0 Å². The number of halogens is 3. The quantitative estimate of drug-likeness (QED) is 0.868. The van der Waals surface area contributed by atoms with Gasteiger partial charge in [0.25, 0.3) is 0 Å². The van der Waals surface area contributed by atoms with E-state index in [9.17, 15) is 18.0 Å². The highest BCUT2D eigenvalue weighted by Gasteiger charge is 2.36. The summed E-state index contributed by atoms with van der Waals surface area (Å²) < 4.78 is 37.3. The maximum atomic E-state index is 12.4. The van der Waals surface area contributed by atoms with E-state index in [2.05, 4.69) is 5.32 Å². The molecule has 94 valence electrons. The van der Waals surface area contributed by atoms with E-state index < -0.39 is 12.1 Å². The minimum Gasteiger partial charge on any atom is -0.326 e. The zero-order valence-electron chi connectivity index (χ0n) is 9.64. The predicted molar refractivity (Wildman–Crippen MR) is 59.7 cm³/mol. The summed E-state index contributed by atoms with van der Waals surface area (Å²) in [4.78, 5) is 10.9. The number of hydrogen-bond acceptors (Lipinski definition) is 1. The van der Waals surface area contributed by atoms with Crippen molar-refractivity contribution >= 4 is 11.6 Å². The Morgan fingerprint density at radius 1 is 1.35 bits per heavy atom. The Morgan fingerprint density at radius 2 is 1.94 bits per heavy atom. The summed E-state index contributed by atoms with van der Waals surface area (Å²) in [6.07, 6.45) is -4.36. The minimum atomic E-state index is -4.22. The lowest BCUT2D eigenvalue weighted by molar-refractivity contribution is -0.169. The Balaban J connectivity index is 2.87. The summed E-state index contributed by atoms with van der Waals surface area (Å²) in [5.74, 6) is -1.73. The van der Waals surface area contributed by atoms with Gasteiger partial charge in [0.15, 0.2) is 0 Å². The molecular formula is C12H14F3NO. The molecule has 0 radical (unpaired) electrons. The normalized spacial score (nSPS) is 13.2. The molecule has 0 aliphatic carbocycles. The first-order valence-corrected chi connectivity index (χ1v) is 5.23. The van der Waals surface area contributed by atoms with Crippen LogP contribution in [0.5, 0.6) is 0 Å². The fourth-order valence-electron chi connectivity index (χ4n) is 1.46. The molecule has 0 aliphatic rings. The fraction of sp³-hybridized carbons (Fsp3) is 0.417. The Kier molecular flexibility index (Phi) is 4.15. The smallest absolute Gasteiger partial charge is 0.326 e. The molecule has 0 fully saturated rings. The molecule has 1 aromatic carbocycles. The first-order valence-electron chi connectivity index (χ1n) is 5.23. The summed E-state index contributed by atoms with van der Waals surface area (Å²) in [6, 6.07) is 6.52. The van der Waals surface area contributed by atoms with Crippen LogP contribution in [0.2, 0.25) is 0 Å². The highest BCUT2D eigenvalue weighted by molar-refractivity contribution is 5.89. The predicted octanol–water partition coefficient (Wildman–Crippen LogP) is 3.39. The molecule has 1 unspecified atom stereocenters. The summed E-state index contributed by atoms with van der Waals surface area (Å²) in [5, 5.41) is 2.52. The molecule has 1 rings (SSSR count). The van der Waals surface area contributed by atoms with Crippen LogP contribution < -0.4 is 5.32 Å². The number of carbonyl (C=O) groups excluding carboxylic acids is 1. The van der Waals surface area contributed by atoms with Crippen LogP contribution in [0.3, 0.4) is 0 Å². The fourth-order valence-corrected chi connectivity index (χ4v) is 1.46. The average molecular weight is 245 g/mol. The van der Waals surface area contributed by atoms with Gasteiger partial charge in [-0.05, 0) is 18.1 Å². The molecule has 0 spiro atoms. The molecular weight excluding hydrogens is 231 g/mol. The third kappa shape index (κ3) is 4.09. The Hall–Kier alpha value is -1.52. The van der Waals surface area contributed by atoms with Crippen molar-refractivity contribution in [2.24, 2.45) is 5.92 Å². The second-order valence-corrected chi connectivity index (χ2v) is 3.99. The molecule has 5 heteroatoms. The van der Waals surface area contributed by atoms with Crippen molar-refractivity contribution in [3.8, 4) is 0 Å². The number of hydrogen-bond donors (Lipinski definition) is 1. The molecule has 0 heterocycles. The third-order valence-corrected chi connectivity index (χ3v) is 2.41. The van der Waals surface area contributed by atoms with Crippen LogP contribution in [-0.4, -0.2) is 12.1 Å². The van der Waals surface area contributed by atoms with Crippen LogP contribution in [0.1, 0.15) is 19.4 Å². The SMILES string of the molecule is CC(=O)Nc1ccccc1CC(C)C(F)(F)F. The summed E-state index contributed by atoms with van der Waals surface area (Å²) in [7, 11) is 0. The van der Waals surface area contributed by atoms with Gasteiger partial charge in [-0.25, -0.2) is 0 Å². The standard InChI is InChI=1S/C12H14F3NO/c1-8(12(13,14)15)7-10-5-3-4-6-11(10)16-9(2)17/h3-6,8H,7H2,1-2H3,(H,16,17). The van der Waals surface area contributed by atoms with E-state index in [1.54, 1.807) is 24.3 Å². The molecule has 0 saturated heterocycles. The molecule has 2 nitrogen and oxygen atoms in total. The van der Waals surface area contributed by atoms with Crippen LogP contribution in [0.15, 0.2) is 24.3 Å². The van der Waals surface area contributed by atoms with Crippen LogP contribution in [0.25, 0.3) is 0 Å². The maximum absolute atomic E-state index is 12.4. The largest absolute Gasteiger partial charge is 0.391 e. The van der Waals surface area contributed by atoms with E-state index in [-0.39, 0.29) is 12.3 Å². The van der Waals surface area contributed by atoms with Crippen molar-refractivity contribution in [2.45, 2.75) is 26.4 Å². The van der Waals surface area contributed by atoms with Crippen molar-refractivity contribution in [3.63, 3.8) is 0 Å². The first kappa shape index (κ1) is 13.5.